The summed E-state index contributed by atoms with van der Waals surface area (Å²) in [4.78, 5) is 17.7. The Kier molecular flexibility index (Phi) is 7.50. The number of primary amides is 1. The van der Waals surface area contributed by atoms with Gasteiger partial charge in [0.25, 0.3) is 5.91 Å². The molecule has 140 valence electrons. The van der Waals surface area contributed by atoms with E-state index in [1.807, 2.05) is 0 Å². The van der Waals surface area contributed by atoms with Crippen molar-refractivity contribution in [2.75, 3.05) is 20.1 Å². The van der Waals surface area contributed by atoms with Crippen LogP contribution in [0.2, 0.25) is 0 Å². The minimum Gasteiger partial charge on any atom is -0.454 e. The first kappa shape index (κ1) is 20.3. The largest absolute Gasteiger partial charge is 0.454 e. The molecule has 0 radical (unpaired) electrons. The number of benzene rings is 1. The van der Waals surface area contributed by atoms with Crippen LogP contribution < -0.4 is 11.1 Å². The molecule has 3 N–H and O–H groups in total. The highest BCUT2D eigenvalue weighted by Crippen LogP contribution is 2.21. The highest BCUT2D eigenvalue weighted by Gasteiger charge is 2.25. The lowest BCUT2D eigenvalue weighted by atomic mass is 9.99. The number of nitrogens with one attached hydrogen (secondary N) is 1. The molecule has 6 nitrogen and oxygen atoms in total. The van der Waals surface area contributed by atoms with E-state index >= 15 is 0 Å². The van der Waals surface area contributed by atoms with E-state index in [-0.39, 0.29) is 29.7 Å². The van der Waals surface area contributed by atoms with E-state index in [9.17, 15) is 4.79 Å². The molecule has 1 unspecified atom stereocenters. The molecule has 0 aliphatic carbocycles. The molecule has 1 atom stereocenters. The Bertz CT molecular complexity index is 745. The summed E-state index contributed by atoms with van der Waals surface area (Å²) in [6, 6.07) is 13.9. The van der Waals surface area contributed by atoms with Crippen LogP contribution >= 0.6 is 24.0 Å². The molecular weight excluding hydrogens is 443 g/mol. The van der Waals surface area contributed by atoms with Crippen LogP contribution in [0.5, 0.6) is 0 Å². The second-order valence-electron chi connectivity index (χ2n) is 6.32. The molecule has 1 aromatic heterocycles. The fraction of sp³-hybridized carbons (Fsp3) is 0.368. The molecule has 2 heterocycles. The van der Waals surface area contributed by atoms with Gasteiger partial charge in [-0.1, -0.05) is 30.3 Å². The molecule has 1 aromatic carbocycles. The van der Waals surface area contributed by atoms with Gasteiger partial charge in [0, 0.05) is 20.1 Å². The summed E-state index contributed by atoms with van der Waals surface area (Å²) in [6.45, 7) is 2.45. The molecule has 3 rings (SSSR count). The van der Waals surface area contributed by atoms with Gasteiger partial charge < -0.3 is 20.4 Å². The Morgan fingerprint density at radius 2 is 2.08 bits per heavy atom. The minimum absolute atomic E-state index is 0. The number of hydrogen-bond donors (Lipinski definition) is 2. The fourth-order valence-electron chi connectivity index (χ4n) is 3.24. The number of rotatable bonds is 5. The van der Waals surface area contributed by atoms with E-state index in [4.69, 9.17) is 10.2 Å². The maximum Gasteiger partial charge on any atom is 0.284 e. The van der Waals surface area contributed by atoms with Crippen molar-refractivity contribution in [1.82, 2.24) is 10.2 Å². The van der Waals surface area contributed by atoms with Gasteiger partial charge in [0.05, 0.1) is 6.54 Å². The first-order valence-corrected chi connectivity index (χ1v) is 8.53. The third kappa shape index (κ3) is 5.23. The minimum atomic E-state index is -0.557. The van der Waals surface area contributed by atoms with Crippen molar-refractivity contribution in [2.24, 2.45) is 16.6 Å². The monoisotopic (exact) mass is 468 g/mol. The lowest BCUT2D eigenvalue weighted by Gasteiger charge is -2.21. The topological polar surface area (TPSA) is 83.9 Å². The highest BCUT2D eigenvalue weighted by atomic mass is 127. The molecular formula is C19H25IN4O2. The van der Waals surface area contributed by atoms with Crippen molar-refractivity contribution in [3.63, 3.8) is 0 Å². The Balaban J connectivity index is 0.00000243. The maximum absolute atomic E-state index is 11.1. The van der Waals surface area contributed by atoms with Gasteiger partial charge in [-0.25, -0.2) is 0 Å². The van der Waals surface area contributed by atoms with Gasteiger partial charge in [-0.15, -0.1) is 24.0 Å². The number of likely N-dealkylation sites (tertiary alicyclic amines) is 1. The van der Waals surface area contributed by atoms with Crippen LogP contribution in [0.15, 0.2) is 51.9 Å². The number of amides is 1. The van der Waals surface area contributed by atoms with Crippen LogP contribution in [0.1, 0.15) is 28.3 Å². The van der Waals surface area contributed by atoms with Crippen molar-refractivity contribution in [3.05, 3.63) is 59.5 Å². The van der Waals surface area contributed by atoms with E-state index in [1.165, 1.54) is 5.56 Å². The van der Waals surface area contributed by atoms with E-state index < -0.39 is 5.91 Å². The number of halogens is 1. The predicted octanol–water partition coefficient (Wildman–Crippen LogP) is 2.64. The number of hydrogen-bond acceptors (Lipinski definition) is 3. The van der Waals surface area contributed by atoms with Gasteiger partial charge in [-0.3, -0.25) is 9.79 Å². The van der Waals surface area contributed by atoms with Crippen molar-refractivity contribution >= 4 is 35.8 Å². The summed E-state index contributed by atoms with van der Waals surface area (Å²) >= 11 is 0. The quantitative estimate of drug-likeness (QED) is 0.402. The van der Waals surface area contributed by atoms with Gasteiger partial charge >= 0.3 is 0 Å². The number of nitrogens with zero attached hydrogens (tertiary/aromatic N) is 2. The smallest absolute Gasteiger partial charge is 0.284 e. The molecule has 1 amide bonds. The number of carbonyl (C=O) groups is 1. The lowest BCUT2D eigenvalue weighted by molar-refractivity contribution is 0.0972. The van der Waals surface area contributed by atoms with Gasteiger partial charge in [0.1, 0.15) is 5.76 Å². The van der Waals surface area contributed by atoms with Crippen LogP contribution in [0.3, 0.4) is 0 Å². The molecule has 1 saturated heterocycles. The van der Waals surface area contributed by atoms with Crippen LogP contribution in [-0.4, -0.2) is 36.9 Å². The highest BCUT2D eigenvalue weighted by molar-refractivity contribution is 14.0. The molecule has 0 saturated carbocycles. The summed E-state index contributed by atoms with van der Waals surface area (Å²) in [7, 11) is 1.78. The van der Waals surface area contributed by atoms with Crippen molar-refractivity contribution in [3.8, 4) is 0 Å². The Morgan fingerprint density at radius 3 is 2.73 bits per heavy atom. The number of guanidine groups is 1. The first-order chi connectivity index (χ1) is 12.2. The number of furan rings is 1. The van der Waals surface area contributed by atoms with Gasteiger partial charge in [-0.2, -0.15) is 0 Å². The van der Waals surface area contributed by atoms with Gasteiger partial charge in [0.2, 0.25) is 0 Å². The lowest BCUT2D eigenvalue weighted by Crippen LogP contribution is -2.39. The molecule has 7 heteroatoms. The van der Waals surface area contributed by atoms with E-state index in [1.54, 1.807) is 19.2 Å². The fourth-order valence-corrected chi connectivity index (χ4v) is 3.24. The predicted molar refractivity (Wildman–Crippen MR) is 113 cm³/mol. The number of carbonyl (C=O) groups excluding carboxylic acids is 1. The second kappa shape index (κ2) is 9.61. The number of aliphatic imine (C=N–C) groups is 1. The Labute approximate surface area is 170 Å². The first-order valence-electron chi connectivity index (χ1n) is 8.53. The molecule has 0 spiro atoms. The molecule has 1 aliphatic heterocycles. The zero-order chi connectivity index (χ0) is 17.6. The molecule has 2 aromatic rings. The third-order valence-corrected chi connectivity index (χ3v) is 4.49. The van der Waals surface area contributed by atoms with Crippen molar-refractivity contribution in [1.29, 1.82) is 0 Å². The van der Waals surface area contributed by atoms with Gasteiger partial charge in [-0.05, 0) is 36.5 Å². The third-order valence-electron chi connectivity index (χ3n) is 4.49. The van der Waals surface area contributed by atoms with Crippen LogP contribution in [0, 0.1) is 5.92 Å². The Hall–Kier alpha value is -2.03. The van der Waals surface area contributed by atoms with E-state index in [2.05, 4.69) is 45.5 Å². The number of nitrogens with two attached hydrogens (primary N) is 1. The van der Waals surface area contributed by atoms with Crippen molar-refractivity contribution in [2.45, 2.75) is 19.4 Å². The summed E-state index contributed by atoms with van der Waals surface area (Å²) in [5.41, 5.74) is 6.58. The molecule has 0 bridgehead atoms. The summed E-state index contributed by atoms with van der Waals surface area (Å²) in [5, 5.41) is 3.29. The zero-order valence-electron chi connectivity index (χ0n) is 14.9. The Morgan fingerprint density at radius 1 is 1.31 bits per heavy atom. The molecule has 1 fully saturated rings. The van der Waals surface area contributed by atoms with Crippen LogP contribution in [0.4, 0.5) is 0 Å². The van der Waals surface area contributed by atoms with Crippen molar-refractivity contribution < 1.29 is 9.21 Å². The van der Waals surface area contributed by atoms with E-state index in [0.717, 1.165) is 31.9 Å². The summed E-state index contributed by atoms with van der Waals surface area (Å²) in [5.74, 6) is 1.77. The maximum atomic E-state index is 11.1. The standard InChI is InChI=1S/C19H24N4O2.HI/c1-21-19(22-12-16-7-8-17(25-16)18(20)24)23-10-9-15(13-23)11-14-5-3-2-4-6-14;/h2-8,15H,9-13H2,1H3,(H2,20,24)(H,21,22);1H. The summed E-state index contributed by atoms with van der Waals surface area (Å²) < 4.78 is 5.39. The van der Waals surface area contributed by atoms with E-state index in [0.29, 0.717) is 18.2 Å². The second-order valence-corrected chi connectivity index (χ2v) is 6.32. The molecule has 1 aliphatic rings. The SMILES string of the molecule is CN=C(NCc1ccc(C(N)=O)o1)N1CCC(Cc2ccccc2)C1.I. The normalized spacial score (nSPS) is 17.0. The summed E-state index contributed by atoms with van der Waals surface area (Å²) in [6.07, 6.45) is 2.25. The zero-order valence-corrected chi connectivity index (χ0v) is 17.2. The van der Waals surface area contributed by atoms with Gasteiger partial charge in [0.15, 0.2) is 11.7 Å². The average molecular weight is 468 g/mol. The average Bonchev–Trinajstić information content (AvgIpc) is 3.26. The van der Waals surface area contributed by atoms with Crippen LogP contribution in [-0.2, 0) is 13.0 Å². The molecule has 26 heavy (non-hydrogen) atoms. The van der Waals surface area contributed by atoms with Crippen LogP contribution in [0.25, 0.3) is 0 Å².